The van der Waals surface area contributed by atoms with Gasteiger partial charge in [-0.3, -0.25) is 4.79 Å². The molecule has 0 fully saturated rings. The van der Waals surface area contributed by atoms with Crippen molar-refractivity contribution in [2.45, 2.75) is 18.9 Å². The zero-order valence-corrected chi connectivity index (χ0v) is 13.8. The van der Waals surface area contributed by atoms with E-state index in [0.717, 1.165) is 11.1 Å². The lowest BCUT2D eigenvalue weighted by Crippen LogP contribution is -2.44. The molecule has 0 heterocycles. The highest BCUT2D eigenvalue weighted by molar-refractivity contribution is 5.87. The zero-order chi connectivity index (χ0) is 17.6. The van der Waals surface area contributed by atoms with Crippen molar-refractivity contribution in [1.82, 2.24) is 5.32 Å². The summed E-state index contributed by atoms with van der Waals surface area (Å²) in [6.07, 6.45) is 0.611. The summed E-state index contributed by atoms with van der Waals surface area (Å²) in [4.78, 5) is 23.3. The number of carboxylic acid groups (broad SMARTS) is 1. The average molecular weight is 327 g/mol. The van der Waals surface area contributed by atoms with Crippen molar-refractivity contribution in [3.05, 3.63) is 71.3 Å². The fourth-order valence-corrected chi connectivity index (χ4v) is 2.40. The van der Waals surface area contributed by atoms with Crippen LogP contribution in [0.2, 0.25) is 0 Å². The molecule has 2 aromatic carbocycles. The van der Waals surface area contributed by atoms with E-state index in [1.807, 2.05) is 30.3 Å². The Kier molecular flexibility index (Phi) is 5.71. The van der Waals surface area contributed by atoms with Crippen molar-refractivity contribution in [2.24, 2.45) is 0 Å². The van der Waals surface area contributed by atoms with Crippen LogP contribution in [0.3, 0.4) is 0 Å². The number of hydrogen-bond donors (Lipinski definition) is 2. The van der Waals surface area contributed by atoms with Gasteiger partial charge in [0, 0.05) is 13.7 Å². The lowest BCUT2D eigenvalue weighted by atomic mass is 9.94. The third kappa shape index (κ3) is 4.00. The molecule has 0 unspecified atom stereocenters. The molecule has 126 valence electrons. The molecule has 2 rings (SSSR count). The van der Waals surface area contributed by atoms with E-state index in [1.54, 1.807) is 31.2 Å². The molecule has 0 saturated carbocycles. The molecule has 0 saturated heterocycles. The first-order chi connectivity index (χ1) is 11.5. The third-order valence-electron chi connectivity index (χ3n) is 4.07. The van der Waals surface area contributed by atoms with Crippen LogP contribution in [0, 0.1) is 0 Å². The molecular formula is C19H21NO4. The topological polar surface area (TPSA) is 75.6 Å². The molecule has 0 bridgehead atoms. The molecule has 1 atom stereocenters. The van der Waals surface area contributed by atoms with Gasteiger partial charge in [0.2, 0.25) is 0 Å². The average Bonchev–Trinajstić information content (AvgIpc) is 2.62. The summed E-state index contributed by atoms with van der Waals surface area (Å²) in [5.74, 6) is -1.16. The summed E-state index contributed by atoms with van der Waals surface area (Å²) < 4.78 is 5.45. The predicted molar refractivity (Wildman–Crippen MR) is 90.9 cm³/mol. The summed E-state index contributed by atoms with van der Waals surface area (Å²) in [5.41, 5.74) is 0.947. The maximum atomic E-state index is 12.5. The number of carbonyl (C=O) groups excluding carboxylic acids is 1. The van der Waals surface area contributed by atoms with E-state index in [4.69, 9.17) is 9.84 Å². The maximum Gasteiger partial charge on any atom is 0.335 e. The molecule has 0 radical (unpaired) electrons. The molecule has 2 aromatic rings. The first-order valence-electron chi connectivity index (χ1n) is 7.68. The number of benzene rings is 2. The van der Waals surface area contributed by atoms with Gasteiger partial charge >= 0.3 is 5.97 Å². The predicted octanol–water partition coefficient (Wildman–Crippen LogP) is 2.61. The van der Waals surface area contributed by atoms with E-state index in [0.29, 0.717) is 13.0 Å². The lowest BCUT2D eigenvalue weighted by Gasteiger charge is -2.27. The molecule has 0 aliphatic carbocycles. The second kappa shape index (κ2) is 7.75. The molecule has 0 aromatic heterocycles. The van der Waals surface area contributed by atoms with Gasteiger partial charge in [-0.05, 0) is 36.6 Å². The number of carbonyl (C=O) groups is 2. The van der Waals surface area contributed by atoms with Crippen LogP contribution < -0.4 is 5.32 Å². The number of ether oxygens (including phenoxy) is 1. The Labute approximate surface area is 141 Å². The van der Waals surface area contributed by atoms with E-state index < -0.39 is 11.6 Å². The van der Waals surface area contributed by atoms with Gasteiger partial charge < -0.3 is 15.2 Å². The van der Waals surface area contributed by atoms with E-state index >= 15 is 0 Å². The summed E-state index contributed by atoms with van der Waals surface area (Å²) >= 11 is 0. The van der Waals surface area contributed by atoms with Crippen molar-refractivity contribution < 1.29 is 19.4 Å². The molecule has 0 aliphatic rings. The summed E-state index contributed by atoms with van der Waals surface area (Å²) in [7, 11) is 1.51. The molecule has 5 heteroatoms. The Balaban J connectivity index is 1.95. The Morgan fingerprint density at radius 1 is 1.08 bits per heavy atom. The van der Waals surface area contributed by atoms with Crippen LogP contribution >= 0.6 is 0 Å². The van der Waals surface area contributed by atoms with Crippen molar-refractivity contribution in [3.63, 3.8) is 0 Å². The maximum absolute atomic E-state index is 12.5. The smallest absolute Gasteiger partial charge is 0.335 e. The summed E-state index contributed by atoms with van der Waals surface area (Å²) in [6.45, 7) is 2.18. The molecule has 5 nitrogen and oxygen atoms in total. The van der Waals surface area contributed by atoms with Gasteiger partial charge in [-0.15, -0.1) is 0 Å². The second-order valence-corrected chi connectivity index (χ2v) is 5.61. The van der Waals surface area contributed by atoms with Crippen LogP contribution in [0.4, 0.5) is 0 Å². The minimum atomic E-state index is -1.05. The SMILES string of the molecule is CO[C@](C)(C(=O)NCCc1ccc(C(=O)O)cc1)c1ccccc1. The Hall–Kier alpha value is -2.66. The van der Waals surface area contributed by atoms with Crippen molar-refractivity contribution in [3.8, 4) is 0 Å². The highest BCUT2D eigenvalue weighted by Gasteiger charge is 2.34. The number of nitrogens with one attached hydrogen (secondary N) is 1. The van der Waals surface area contributed by atoms with Gasteiger partial charge in [0.1, 0.15) is 0 Å². The highest BCUT2D eigenvalue weighted by atomic mass is 16.5. The standard InChI is InChI=1S/C19H21NO4/c1-19(24-2,16-6-4-3-5-7-16)18(23)20-13-12-14-8-10-15(11-9-14)17(21)22/h3-11H,12-13H2,1-2H3,(H,20,23)(H,21,22)/t19-/m0/s1. The fourth-order valence-electron chi connectivity index (χ4n) is 2.40. The van der Waals surface area contributed by atoms with Crippen LogP contribution in [0.1, 0.15) is 28.4 Å². The lowest BCUT2D eigenvalue weighted by molar-refractivity contribution is -0.142. The van der Waals surface area contributed by atoms with Crippen LogP contribution in [0.5, 0.6) is 0 Å². The summed E-state index contributed by atoms with van der Waals surface area (Å²) in [5, 5.41) is 11.8. The Morgan fingerprint density at radius 2 is 1.71 bits per heavy atom. The zero-order valence-electron chi connectivity index (χ0n) is 13.8. The normalized spacial score (nSPS) is 13.1. The molecular weight excluding hydrogens is 306 g/mol. The van der Waals surface area contributed by atoms with E-state index in [1.165, 1.54) is 7.11 Å². The number of carboxylic acids is 1. The van der Waals surface area contributed by atoms with Gasteiger partial charge in [-0.25, -0.2) is 4.79 Å². The van der Waals surface area contributed by atoms with E-state index in [9.17, 15) is 9.59 Å². The van der Waals surface area contributed by atoms with Crippen LogP contribution in [0.15, 0.2) is 54.6 Å². The largest absolute Gasteiger partial charge is 0.478 e. The minimum absolute atomic E-state index is 0.210. The molecule has 2 N–H and O–H groups in total. The Bertz CT molecular complexity index is 697. The van der Waals surface area contributed by atoms with Crippen molar-refractivity contribution in [2.75, 3.05) is 13.7 Å². The quantitative estimate of drug-likeness (QED) is 0.819. The highest BCUT2D eigenvalue weighted by Crippen LogP contribution is 2.24. The molecule has 1 amide bonds. The molecule has 24 heavy (non-hydrogen) atoms. The first-order valence-corrected chi connectivity index (χ1v) is 7.68. The molecule has 0 spiro atoms. The molecule has 0 aliphatic heterocycles. The Morgan fingerprint density at radius 3 is 2.25 bits per heavy atom. The van der Waals surface area contributed by atoms with Crippen molar-refractivity contribution >= 4 is 11.9 Å². The van der Waals surface area contributed by atoms with Crippen LogP contribution in [0.25, 0.3) is 0 Å². The summed E-state index contributed by atoms with van der Waals surface area (Å²) in [6, 6.07) is 15.9. The second-order valence-electron chi connectivity index (χ2n) is 5.61. The van der Waals surface area contributed by atoms with Crippen LogP contribution in [-0.2, 0) is 21.6 Å². The number of aromatic carboxylic acids is 1. The van der Waals surface area contributed by atoms with Gasteiger partial charge in [0.15, 0.2) is 5.60 Å². The monoisotopic (exact) mass is 327 g/mol. The van der Waals surface area contributed by atoms with E-state index in [2.05, 4.69) is 5.32 Å². The number of methoxy groups -OCH3 is 1. The fraction of sp³-hybridized carbons (Fsp3) is 0.263. The first kappa shape index (κ1) is 17.7. The van der Waals surface area contributed by atoms with E-state index in [-0.39, 0.29) is 11.5 Å². The minimum Gasteiger partial charge on any atom is -0.478 e. The van der Waals surface area contributed by atoms with Gasteiger partial charge in [0.05, 0.1) is 5.56 Å². The number of hydrogen-bond acceptors (Lipinski definition) is 3. The van der Waals surface area contributed by atoms with Gasteiger partial charge in [-0.1, -0.05) is 42.5 Å². The van der Waals surface area contributed by atoms with Gasteiger partial charge in [0.25, 0.3) is 5.91 Å². The number of amides is 1. The number of rotatable bonds is 7. The van der Waals surface area contributed by atoms with Gasteiger partial charge in [-0.2, -0.15) is 0 Å². The third-order valence-corrected chi connectivity index (χ3v) is 4.07. The van der Waals surface area contributed by atoms with Crippen molar-refractivity contribution in [1.29, 1.82) is 0 Å². The van der Waals surface area contributed by atoms with Crippen LogP contribution in [-0.4, -0.2) is 30.6 Å².